The minimum absolute atomic E-state index is 0.000475. The molecule has 26 heavy (non-hydrogen) atoms. The van der Waals surface area contributed by atoms with Crippen molar-refractivity contribution in [2.24, 2.45) is 0 Å². The van der Waals surface area contributed by atoms with Crippen molar-refractivity contribution in [2.75, 3.05) is 19.6 Å². The number of carbonyl (C=O) groups is 1. The highest BCUT2D eigenvalue weighted by Crippen LogP contribution is 2.18. The molecular formula is C19H22N2O4S. The SMILES string of the molecule is Cc1ccc(S(=O)(=O)NCCN2CCc3ccccc3C2)cc1C(=O)O. The number of hydrogen-bond acceptors (Lipinski definition) is 4. The highest BCUT2D eigenvalue weighted by atomic mass is 32.2. The molecule has 0 atom stereocenters. The van der Waals surface area contributed by atoms with Gasteiger partial charge in [0.25, 0.3) is 0 Å². The zero-order valence-electron chi connectivity index (χ0n) is 14.6. The van der Waals surface area contributed by atoms with Crippen molar-refractivity contribution in [3.63, 3.8) is 0 Å². The van der Waals surface area contributed by atoms with E-state index in [0.717, 1.165) is 19.5 Å². The summed E-state index contributed by atoms with van der Waals surface area (Å²) in [6, 6.07) is 12.4. The minimum atomic E-state index is -3.73. The number of nitrogens with one attached hydrogen (secondary N) is 1. The molecule has 0 unspecified atom stereocenters. The Morgan fingerprint density at radius 2 is 1.92 bits per heavy atom. The lowest BCUT2D eigenvalue weighted by Crippen LogP contribution is -2.37. The molecule has 6 nitrogen and oxygen atoms in total. The van der Waals surface area contributed by atoms with Crippen LogP contribution in [0.4, 0.5) is 0 Å². The molecule has 0 bridgehead atoms. The quantitative estimate of drug-likeness (QED) is 0.808. The molecule has 138 valence electrons. The van der Waals surface area contributed by atoms with Gasteiger partial charge in [-0.1, -0.05) is 30.3 Å². The van der Waals surface area contributed by atoms with Crippen LogP contribution in [0.2, 0.25) is 0 Å². The van der Waals surface area contributed by atoms with E-state index in [1.165, 1.54) is 29.3 Å². The van der Waals surface area contributed by atoms with Crippen LogP contribution in [0.15, 0.2) is 47.4 Å². The summed E-state index contributed by atoms with van der Waals surface area (Å²) in [7, 11) is -3.73. The van der Waals surface area contributed by atoms with Crippen molar-refractivity contribution in [1.82, 2.24) is 9.62 Å². The van der Waals surface area contributed by atoms with Crippen molar-refractivity contribution in [2.45, 2.75) is 24.8 Å². The van der Waals surface area contributed by atoms with Gasteiger partial charge in [-0.25, -0.2) is 17.9 Å². The second kappa shape index (κ2) is 7.57. The number of rotatable bonds is 6. The summed E-state index contributed by atoms with van der Waals surface area (Å²) in [6.45, 7) is 4.23. The highest BCUT2D eigenvalue weighted by molar-refractivity contribution is 7.89. The van der Waals surface area contributed by atoms with Crippen LogP contribution < -0.4 is 4.72 Å². The Morgan fingerprint density at radius 1 is 1.19 bits per heavy atom. The predicted molar refractivity (Wildman–Crippen MR) is 98.7 cm³/mol. The average molecular weight is 374 g/mol. The van der Waals surface area contributed by atoms with E-state index < -0.39 is 16.0 Å². The normalized spacial score (nSPS) is 14.8. The third-order valence-electron chi connectivity index (χ3n) is 4.68. The first-order valence-corrected chi connectivity index (χ1v) is 9.98. The molecule has 0 spiro atoms. The first kappa shape index (κ1) is 18.6. The van der Waals surface area contributed by atoms with Crippen molar-refractivity contribution in [3.8, 4) is 0 Å². The van der Waals surface area contributed by atoms with Gasteiger partial charge in [0, 0.05) is 26.2 Å². The number of aryl methyl sites for hydroxylation is 1. The van der Waals surface area contributed by atoms with Crippen LogP contribution in [-0.4, -0.2) is 44.0 Å². The number of carboxylic acids is 1. The van der Waals surface area contributed by atoms with Crippen molar-refractivity contribution < 1.29 is 18.3 Å². The van der Waals surface area contributed by atoms with Gasteiger partial charge in [0.05, 0.1) is 10.5 Å². The van der Waals surface area contributed by atoms with E-state index in [1.54, 1.807) is 6.92 Å². The van der Waals surface area contributed by atoms with Gasteiger partial charge < -0.3 is 5.11 Å². The van der Waals surface area contributed by atoms with Crippen LogP contribution >= 0.6 is 0 Å². The summed E-state index contributed by atoms with van der Waals surface area (Å²) in [5, 5.41) is 9.16. The molecule has 2 N–H and O–H groups in total. The third-order valence-corrected chi connectivity index (χ3v) is 6.14. The first-order valence-electron chi connectivity index (χ1n) is 8.49. The summed E-state index contributed by atoms with van der Waals surface area (Å²) < 4.78 is 27.4. The summed E-state index contributed by atoms with van der Waals surface area (Å²) in [4.78, 5) is 13.4. The number of benzene rings is 2. The number of nitrogens with zero attached hydrogens (tertiary/aromatic N) is 1. The van der Waals surface area contributed by atoms with Gasteiger partial charge in [0.15, 0.2) is 0 Å². The van der Waals surface area contributed by atoms with Crippen molar-refractivity contribution >= 4 is 16.0 Å². The third kappa shape index (κ3) is 4.12. The maximum Gasteiger partial charge on any atom is 0.335 e. The molecule has 0 fully saturated rings. The van der Waals surface area contributed by atoms with Crippen LogP contribution in [0.1, 0.15) is 27.0 Å². The topological polar surface area (TPSA) is 86.7 Å². The highest BCUT2D eigenvalue weighted by Gasteiger charge is 2.19. The lowest BCUT2D eigenvalue weighted by atomic mass is 10.0. The molecule has 1 heterocycles. The van der Waals surface area contributed by atoms with Gasteiger partial charge >= 0.3 is 5.97 Å². The smallest absolute Gasteiger partial charge is 0.335 e. The standard InChI is InChI=1S/C19H22N2O4S/c1-14-6-7-17(12-18(14)19(22)23)26(24,25)20-9-11-21-10-8-15-4-2-3-5-16(15)13-21/h2-7,12,20H,8-11,13H2,1H3,(H,22,23). The summed E-state index contributed by atoms with van der Waals surface area (Å²) in [5.74, 6) is -1.13. The van der Waals surface area contributed by atoms with E-state index in [0.29, 0.717) is 12.1 Å². The van der Waals surface area contributed by atoms with Crippen molar-refractivity contribution in [3.05, 3.63) is 64.7 Å². The molecule has 7 heteroatoms. The molecule has 0 amide bonds. The Labute approximate surface area is 153 Å². The maximum absolute atomic E-state index is 12.4. The second-order valence-corrected chi connectivity index (χ2v) is 8.24. The minimum Gasteiger partial charge on any atom is -0.478 e. The van der Waals surface area contributed by atoms with Crippen LogP contribution in [0.25, 0.3) is 0 Å². The molecule has 1 aliphatic heterocycles. The molecule has 1 aliphatic rings. The number of carboxylic acid groups (broad SMARTS) is 1. The summed E-state index contributed by atoms with van der Waals surface area (Å²) >= 11 is 0. The average Bonchev–Trinajstić information content (AvgIpc) is 2.61. The lowest BCUT2D eigenvalue weighted by Gasteiger charge is -2.28. The van der Waals surface area contributed by atoms with Gasteiger partial charge in [0.1, 0.15) is 0 Å². The zero-order chi connectivity index (χ0) is 18.7. The van der Waals surface area contributed by atoms with E-state index in [-0.39, 0.29) is 17.0 Å². The van der Waals surface area contributed by atoms with Crippen molar-refractivity contribution in [1.29, 1.82) is 0 Å². The second-order valence-electron chi connectivity index (χ2n) is 6.47. The first-order chi connectivity index (χ1) is 12.4. The van der Waals surface area contributed by atoms with Crippen LogP contribution in [0.5, 0.6) is 0 Å². The number of hydrogen-bond donors (Lipinski definition) is 2. The molecule has 0 saturated carbocycles. The Hall–Kier alpha value is -2.22. The van der Waals surface area contributed by atoms with Crippen LogP contribution in [0, 0.1) is 6.92 Å². The molecule has 2 aromatic carbocycles. The fourth-order valence-corrected chi connectivity index (χ4v) is 4.21. The van der Waals surface area contributed by atoms with Gasteiger partial charge in [-0.05, 0) is 42.2 Å². The maximum atomic E-state index is 12.4. The molecular weight excluding hydrogens is 352 g/mol. The van der Waals surface area contributed by atoms with Gasteiger partial charge in [-0.15, -0.1) is 0 Å². The van der Waals surface area contributed by atoms with E-state index in [1.807, 2.05) is 12.1 Å². The Bertz CT molecular complexity index is 925. The fraction of sp³-hybridized carbons (Fsp3) is 0.316. The predicted octanol–water partition coefficient (Wildman–Crippen LogP) is 2.03. The lowest BCUT2D eigenvalue weighted by molar-refractivity contribution is 0.0696. The van der Waals surface area contributed by atoms with E-state index >= 15 is 0 Å². The Morgan fingerprint density at radius 3 is 2.65 bits per heavy atom. The summed E-state index contributed by atoms with van der Waals surface area (Å²) in [5.41, 5.74) is 3.17. The van der Waals surface area contributed by atoms with Crippen LogP contribution in [-0.2, 0) is 23.0 Å². The molecule has 3 rings (SSSR count). The fourth-order valence-electron chi connectivity index (χ4n) is 3.17. The van der Waals surface area contributed by atoms with E-state index in [4.69, 9.17) is 5.11 Å². The molecule has 0 aromatic heterocycles. The number of sulfonamides is 1. The number of aromatic carboxylic acids is 1. The Balaban J connectivity index is 1.61. The molecule has 0 saturated heterocycles. The van der Waals surface area contributed by atoms with Crippen LogP contribution in [0.3, 0.4) is 0 Å². The largest absolute Gasteiger partial charge is 0.478 e. The number of fused-ring (bicyclic) bond motifs is 1. The van der Waals surface area contributed by atoms with Gasteiger partial charge in [-0.3, -0.25) is 4.90 Å². The van der Waals surface area contributed by atoms with Gasteiger partial charge in [0.2, 0.25) is 10.0 Å². The zero-order valence-corrected chi connectivity index (χ0v) is 15.4. The summed E-state index contributed by atoms with van der Waals surface area (Å²) in [6.07, 6.45) is 0.961. The monoisotopic (exact) mass is 374 g/mol. The molecule has 0 radical (unpaired) electrons. The Kier molecular flexibility index (Phi) is 5.41. The van der Waals surface area contributed by atoms with E-state index in [9.17, 15) is 13.2 Å². The van der Waals surface area contributed by atoms with Gasteiger partial charge in [-0.2, -0.15) is 0 Å². The van der Waals surface area contributed by atoms with E-state index in [2.05, 4.69) is 21.8 Å². The molecule has 2 aromatic rings. The molecule has 0 aliphatic carbocycles.